The average molecular weight is 322 g/mol. The van der Waals surface area contributed by atoms with Crippen molar-refractivity contribution in [1.29, 1.82) is 0 Å². The SMILES string of the molecule is CC(C)CCNC(=O)CCc1nnc(-c2ccc(Cl)cc2)o1. The highest BCUT2D eigenvalue weighted by molar-refractivity contribution is 6.30. The molecular formula is C16H20ClN3O2. The fourth-order valence-corrected chi connectivity index (χ4v) is 2.00. The molecule has 0 fully saturated rings. The molecule has 0 atom stereocenters. The molecule has 2 rings (SSSR count). The van der Waals surface area contributed by atoms with Gasteiger partial charge in [0.25, 0.3) is 0 Å². The average Bonchev–Trinajstić information content (AvgIpc) is 2.94. The molecule has 0 aliphatic rings. The zero-order chi connectivity index (χ0) is 15.9. The van der Waals surface area contributed by atoms with Crippen molar-refractivity contribution in [2.75, 3.05) is 6.54 Å². The summed E-state index contributed by atoms with van der Waals surface area (Å²) >= 11 is 5.84. The maximum atomic E-state index is 11.7. The van der Waals surface area contributed by atoms with E-state index in [-0.39, 0.29) is 5.91 Å². The lowest BCUT2D eigenvalue weighted by Gasteiger charge is -2.06. The van der Waals surface area contributed by atoms with Crippen molar-refractivity contribution >= 4 is 17.5 Å². The second kappa shape index (κ2) is 7.94. The predicted octanol–water partition coefficient (Wildman–Crippen LogP) is 3.48. The standard InChI is InChI=1S/C16H20ClN3O2/c1-11(2)9-10-18-14(21)7-8-15-19-20-16(22-15)12-3-5-13(17)6-4-12/h3-6,11H,7-10H2,1-2H3,(H,18,21). The van der Waals surface area contributed by atoms with Crippen molar-refractivity contribution in [1.82, 2.24) is 15.5 Å². The third-order valence-corrected chi connectivity index (χ3v) is 3.42. The van der Waals surface area contributed by atoms with Crippen molar-refractivity contribution in [3.63, 3.8) is 0 Å². The Morgan fingerprint density at radius 2 is 2.00 bits per heavy atom. The fourth-order valence-electron chi connectivity index (χ4n) is 1.87. The molecule has 6 heteroatoms. The lowest BCUT2D eigenvalue weighted by molar-refractivity contribution is -0.121. The van der Waals surface area contributed by atoms with E-state index in [1.165, 1.54) is 0 Å². The molecule has 1 N–H and O–H groups in total. The molecule has 0 aliphatic heterocycles. The number of amides is 1. The summed E-state index contributed by atoms with van der Waals surface area (Å²) in [6, 6.07) is 7.17. The zero-order valence-corrected chi connectivity index (χ0v) is 13.6. The van der Waals surface area contributed by atoms with Crippen molar-refractivity contribution in [2.24, 2.45) is 5.92 Å². The Balaban J connectivity index is 1.82. The Morgan fingerprint density at radius 3 is 2.68 bits per heavy atom. The normalized spacial score (nSPS) is 10.9. The maximum absolute atomic E-state index is 11.7. The third kappa shape index (κ3) is 5.15. The number of benzene rings is 1. The number of nitrogens with one attached hydrogen (secondary N) is 1. The van der Waals surface area contributed by atoms with E-state index in [1.807, 2.05) is 12.1 Å². The number of carbonyl (C=O) groups is 1. The van der Waals surface area contributed by atoms with Crippen LogP contribution in [-0.2, 0) is 11.2 Å². The van der Waals surface area contributed by atoms with Crippen molar-refractivity contribution < 1.29 is 9.21 Å². The first-order valence-electron chi connectivity index (χ1n) is 7.39. The van der Waals surface area contributed by atoms with Crippen molar-refractivity contribution in [2.45, 2.75) is 33.1 Å². The van der Waals surface area contributed by atoms with Crippen LogP contribution in [-0.4, -0.2) is 22.6 Å². The summed E-state index contributed by atoms with van der Waals surface area (Å²) in [5.41, 5.74) is 0.810. The van der Waals surface area contributed by atoms with E-state index < -0.39 is 0 Å². The largest absolute Gasteiger partial charge is 0.421 e. The first-order chi connectivity index (χ1) is 10.5. The van der Waals surface area contributed by atoms with Crippen LogP contribution in [0.3, 0.4) is 0 Å². The van der Waals surface area contributed by atoms with Crippen LogP contribution in [0.25, 0.3) is 11.5 Å². The molecule has 1 aromatic heterocycles. The van der Waals surface area contributed by atoms with Crippen LogP contribution >= 0.6 is 11.6 Å². The summed E-state index contributed by atoms with van der Waals surface area (Å²) in [6.45, 7) is 4.96. The van der Waals surface area contributed by atoms with E-state index >= 15 is 0 Å². The van der Waals surface area contributed by atoms with Crippen LogP contribution in [0.1, 0.15) is 32.6 Å². The van der Waals surface area contributed by atoms with E-state index in [0.29, 0.717) is 42.1 Å². The van der Waals surface area contributed by atoms with Gasteiger partial charge in [0.15, 0.2) is 0 Å². The third-order valence-electron chi connectivity index (χ3n) is 3.17. The van der Waals surface area contributed by atoms with Crippen LogP contribution in [0, 0.1) is 5.92 Å². The number of hydrogen-bond acceptors (Lipinski definition) is 4. The minimum atomic E-state index is 0.00638. The topological polar surface area (TPSA) is 68.0 Å². The maximum Gasteiger partial charge on any atom is 0.247 e. The predicted molar refractivity (Wildman–Crippen MR) is 85.5 cm³/mol. The van der Waals surface area contributed by atoms with E-state index in [9.17, 15) is 4.79 Å². The van der Waals surface area contributed by atoms with Gasteiger partial charge in [-0.1, -0.05) is 25.4 Å². The molecule has 5 nitrogen and oxygen atoms in total. The Bertz CT molecular complexity index is 608. The molecule has 0 radical (unpaired) electrons. The fraction of sp³-hybridized carbons (Fsp3) is 0.438. The molecule has 0 unspecified atom stereocenters. The molecule has 0 spiro atoms. The smallest absolute Gasteiger partial charge is 0.247 e. The minimum absolute atomic E-state index is 0.00638. The van der Waals surface area contributed by atoms with Gasteiger partial charge in [-0.15, -0.1) is 10.2 Å². The van der Waals surface area contributed by atoms with Gasteiger partial charge in [-0.25, -0.2) is 0 Å². The number of aromatic nitrogens is 2. The number of halogens is 1. The lowest BCUT2D eigenvalue weighted by atomic mass is 10.1. The van der Waals surface area contributed by atoms with Crippen LogP contribution in [0.4, 0.5) is 0 Å². The summed E-state index contributed by atoms with van der Waals surface area (Å²) in [7, 11) is 0. The first-order valence-corrected chi connectivity index (χ1v) is 7.77. The van der Waals surface area contributed by atoms with Crippen molar-refractivity contribution in [3.8, 4) is 11.5 Å². The van der Waals surface area contributed by atoms with Gasteiger partial charge in [0.05, 0.1) is 0 Å². The molecule has 1 aromatic carbocycles. The van der Waals surface area contributed by atoms with Gasteiger partial charge in [-0.2, -0.15) is 0 Å². The molecule has 0 bridgehead atoms. The molecule has 1 heterocycles. The molecule has 1 amide bonds. The van der Waals surface area contributed by atoms with Gasteiger partial charge in [0.1, 0.15) is 0 Å². The first kappa shape index (κ1) is 16.5. The van der Waals surface area contributed by atoms with E-state index in [4.69, 9.17) is 16.0 Å². The highest BCUT2D eigenvalue weighted by Crippen LogP contribution is 2.20. The Labute approximate surface area is 135 Å². The highest BCUT2D eigenvalue weighted by Gasteiger charge is 2.10. The van der Waals surface area contributed by atoms with Crippen LogP contribution in [0.15, 0.2) is 28.7 Å². The second-order valence-corrected chi connectivity index (χ2v) is 5.98. The molecule has 0 saturated carbocycles. The van der Waals surface area contributed by atoms with Gasteiger partial charge >= 0.3 is 0 Å². The molecule has 2 aromatic rings. The van der Waals surface area contributed by atoms with Gasteiger partial charge in [0, 0.05) is 30.0 Å². The van der Waals surface area contributed by atoms with E-state index in [2.05, 4.69) is 29.4 Å². The summed E-state index contributed by atoms with van der Waals surface area (Å²) in [5.74, 6) is 1.49. The minimum Gasteiger partial charge on any atom is -0.421 e. The van der Waals surface area contributed by atoms with Gasteiger partial charge in [-0.05, 0) is 36.6 Å². The molecule has 118 valence electrons. The second-order valence-electron chi connectivity index (χ2n) is 5.54. The van der Waals surface area contributed by atoms with Crippen molar-refractivity contribution in [3.05, 3.63) is 35.2 Å². The number of carbonyl (C=O) groups excluding carboxylic acids is 1. The molecule has 0 aliphatic carbocycles. The monoisotopic (exact) mass is 321 g/mol. The van der Waals surface area contributed by atoms with Crippen LogP contribution < -0.4 is 5.32 Å². The molecule has 0 saturated heterocycles. The van der Waals surface area contributed by atoms with Crippen LogP contribution in [0.5, 0.6) is 0 Å². The quantitative estimate of drug-likeness (QED) is 0.847. The summed E-state index contributed by atoms with van der Waals surface area (Å²) in [5, 5.41) is 11.5. The Morgan fingerprint density at radius 1 is 1.27 bits per heavy atom. The number of nitrogens with zero attached hydrogens (tertiary/aromatic N) is 2. The van der Waals surface area contributed by atoms with Gasteiger partial charge in [-0.3, -0.25) is 4.79 Å². The molecular weight excluding hydrogens is 302 g/mol. The zero-order valence-electron chi connectivity index (χ0n) is 12.8. The Hall–Kier alpha value is -1.88. The van der Waals surface area contributed by atoms with Crippen LogP contribution in [0.2, 0.25) is 5.02 Å². The van der Waals surface area contributed by atoms with E-state index in [1.54, 1.807) is 12.1 Å². The number of rotatable bonds is 7. The Kier molecular flexibility index (Phi) is 5.95. The molecule has 22 heavy (non-hydrogen) atoms. The summed E-state index contributed by atoms with van der Waals surface area (Å²) in [4.78, 5) is 11.7. The summed E-state index contributed by atoms with van der Waals surface area (Å²) in [6.07, 6.45) is 1.77. The number of aryl methyl sites for hydroxylation is 1. The lowest BCUT2D eigenvalue weighted by Crippen LogP contribution is -2.25. The highest BCUT2D eigenvalue weighted by atomic mass is 35.5. The van der Waals surface area contributed by atoms with E-state index in [0.717, 1.165) is 12.0 Å². The van der Waals surface area contributed by atoms with Gasteiger partial charge < -0.3 is 9.73 Å². The summed E-state index contributed by atoms with van der Waals surface area (Å²) < 4.78 is 5.56. The number of hydrogen-bond donors (Lipinski definition) is 1. The van der Waals surface area contributed by atoms with Gasteiger partial charge in [0.2, 0.25) is 17.7 Å².